The second kappa shape index (κ2) is 7.04. The van der Waals surface area contributed by atoms with Crippen molar-refractivity contribution in [1.29, 1.82) is 0 Å². The average molecular weight is 354 g/mol. The highest BCUT2D eigenvalue weighted by Crippen LogP contribution is 2.30. The van der Waals surface area contributed by atoms with Gasteiger partial charge in [0.05, 0.1) is 13.2 Å². The number of hydrogen-bond acceptors (Lipinski definition) is 4. The van der Waals surface area contributed by atoms with Crippen LogP contribution in [-0.4, -0.2) is 27.0 Å². The number of nitrogens with zero attached hydrogens (tertiary/aromatic N) is 3. The summed E-state index contributed by atoms with van der Waals surface area (Å²) in [5.41, 5.74) is 0.742. The number of ether oxygens (including phenoxy) is 1. The Hall–Kier alpha value is -1.40. The van der Waals surface area contributed by atoms with E-state index in [1.165, 1.54) is 6.33 Å². The second-order valence-corrected chi connectivity index (χ2v) is 6.27. The van der Waals surface area contributed by atoms with E-state index in [0.29, 0.717) is 18.1 Å². The maximum atomic E-state index is 10.5. The van der Waals surface area contributed by atoms with Gasteiger partial charge in [0.25, 0.3) is 0 Å². The predicted molar refractivity (Wildman–Crippen MR) is 84.2 cm³/mol. The molecule has 1 atom stereocenters. The van der Waals surface area contributed by atoms with Gasteiger partial charge in [-0.05, 0) is 24.1 Å². The van der Waals surface area contributed by atoms with Crippen LogP contribution in [0.25, 0.3) is 0 Å². The van der Waals surface area contributed by atoms with Crippen LogP contribution in [0.3, 0.4) is 0 Å². The molecule has 1 aromatic heterocycles. The zero-order valence-electron chi connectivity index (χ0n) is 12.5. The van der Waals surface area contributed by atoms with Crippen LogP contribution >= 0.6 is 15.9 Å². The van der Waals surface area contributed by atoms with E-state index in [9.17, 15) is 5.11 Å². The van der Waals surface area contributed by atoms with Crippen LogP contribution in [-0.2, 0) is 13.0 Å². The van der Waals surface area contributed by atoms with E-state index in [1.54, 1.807) is 7.11 Å². The Balaban J connectivity index is 2.20. The summed E-state index contributed by atoms with van der Waals surface area (Å²) < 4.78 is 8.06. The fourth-order valence-corrected chi connectivity index (χ4v) is 2.57. The van der Waals surface area contributed by atoms with Crippen molar-refractivity contribution >= 4 is 15.9 Å². The van der Waals surface area contributed by atoms with Crippen LogP contribution < -0.4 is 4.74 Å². The maximum absolute atomic E-state index is 10.5. The number of methoxy groups -OCH3 is 1. The monoisotopic (exact) mass is 353 g/mol. The smallest absolute Gasteiger partial charge is 0.138 e. The first-order valence-corrected chi connectivity index (χ1v) is 7.68. The first-order valence-electron chi connectivity index (χ1n) is 6.89. The molecule has 0 spiro atoms. The SMILES string of the molecule is COc1ccc(Br)cc1C(O)Cc1ncnn1CC(C)C. The number of rotatable bonds is 6. The lowest BCUT2D eigenvalue weighted by Crippen LogP contribution is -2.13. The Labute approximate surface area is 133 Å². The zero-order chi connectivity index (χ0) is 15.4. The molecule has 5 nitrogen and oxygen atoms in total. The Kier molecular flexibility index (Phi) is 5.36. The predicted octanol–water partition coefficient (Wildman–Crippen LogP) is 2.98. The minimum Gasteiger partial charge on any atom is -0.496 e. The Morgan fingerprint density at radius 1 is 1.38 bits per heavy atom. The van der Waals surface area contributed by atoms with Crippen molar-refractivity contribution in [2.45, 2.75) is 32.9 Å². The summed E-state index contributed by atoms with van der Waals surface area (Å²) in [6.07, 6.45) is 1.25. The summed E-state index contributed by atoms with van der Waals surface area (Å²) >= 11 is 3.42. The fourth-order valence-electron chi connectivity index (χ4n) is 2.19. The van der Waals surface area contributed by atoms with Gasteiger partial charge in [-0.1, -0.05) is 29.8 Å². The summed E-state index contributed by atoms with van der Waals surface area (Å²) in [5.74, 6) is 1.92. The minimum atomic E-state index is -0.687. The van der Waals surface area contributed by atoms with Gasteiger partial charge in [-0.25, -0.2) is 9.67 Å². The molecule has 0 aliphatic heterocycles. The number of halogens is 1. The Bertz CT molecular complexity index is 598. The number of aliphatic hydroxyl groups excluding tert-OH is 1. The quantitative estimate of drug-likeness (QED) is 0.867. The first kappa shape index (κ1) is 16.0. The van der Waals surface area contributed by atoms with Gasteiger partial charge in [-0.15, -0.1) is 0 Å². The van der Waals surface area contributed by atoms with Crippen LogP contribution in [0.1, 0.15) is 31.3 Å². The molecule has 1 heterocycles. The largest absolute Gasteiger partial charge is 0.496 e. The highest BCUT2D eigenvalue weighted by Gasteiger charge is 2.18. The summed E-state index contributed by atoms with van der Waals surface area (Å²) in [7, 11) is 1.60. The standard InChI is InChI=1S/C15H20BrN3O2/c1-10(2)8-19-15(17-9-18-19)7-13(20)12-6-11(16)4-5-14(12)21-3/h4-6,9-10,13,20H,7-8H2,1-3H3. The number of aromatic nitrogens is 3. The molecule has 6 heteroatoms. The molecule has 0 aliphatic carbocycles. The van der Waals surface area contributed by atoms with E-state index in [-0.39, 0.29) is 0 Å². The lowest BCUT2D eigenvalue weighted by Gasteiger charge is -2.16. The van der Waals surface area contributed by atoms with E-state index in [4.69, 9.17) is 4.74 Å². The molecule has 114 valence electrons. The molecule has 2 aromatic rings. The number of benzene rings is 1. The van der Waals surface area contributed by atoms with E-state index in [0.717, 1.165) is 22.4 Å². The van der Waals surface area contributed by atoms with Gasteiger partial charge in [-0.3, -0.25) is 0 Å². The van der Waals surface area contributed by atoms with Crippen LogP contribution in [0, 0.1) is 5.92 Å². The summed E-state index contributed by atoms with van der Waals surface area (Å²) in [6, 6.07) is 5.59. The van der Waals surface area contributed by atoms with Crippen molar-refractivity contribution < 1.29 is 9.84 Å². The zero-order valence-corrected chi connectivity index (χ0v) is 14.0. The molecule has 1 N–H and O–H groups in total. The van der Waals surface area contributed by atoms with Gasteiger partial charge < -0.3 is 9.84 Å². The molecule has 0 saturated heterocycles. The van der Waals surface area contributed by atoms with Gasteiger partial charge in [0.15, 0.2) is 0 Å². The lowest BCUT2D eigenvalue weighted by atomic mass is 10.0. The highest BCUT2D eigenvalue weighted by atomic mass is 79.9. The molecule has 1 unspecified atom stereocenters. The van der Waals surface area contributed by atoms with Gasteiger partial charge in [-0.2, -0.15) is 5.10 Å². The molecule has 2 rings (SSSR count). The second-order valence-electron chi connectivity index (χ2n) is 5.36. The Morgan fingerprint density at radius 2 is 2.14 bits per heavy atom. The lowest BCUT2D eigenvalue weighted by molar-refractivity contribution is 0.169. The van der Waals surface area contributed by atoms with Crippen LogP contribution in [0.4, 0.5) is 0 Å². The van der Waals surface area contributed by atoms with Gasteiger partial charge in [0.1, 0.15) is 17.9 Å². The molecule has 21 heavy (non-hydrogen) atoms. The van der Waals surface area contributed by atoms with Crippen molar-refractivity contribution in [1.82, 2.24) is 14.8 Å². The number of aliphatic hydroxyl groups is 1. The summed E-state index contributed by atoms with van der Waals surface area (Å²) in [5, 5.41) is 14.7. The highest BCUT2D eigenvalue weighted by molar-refractivity contribution is 9.10. The third kappa shape index (κ3) is 4.04. The van der Waals surface area contributed by atoms with E-state index >= 15 is 0 Å². The number of hydrogen-bond donors (Lipinski definition) is 1. The van der Waals surface area contributed by atoms with Crippen LogP contribution in [0.2, 0.25) is 0 Å². The maximum Gasteiger partial charge on any atom is 0.138 e. The van der Waals surface area contributed by atoms with E-state index in [1.807, 2.05) is 22.9 Å². The van der Waals surface area contributed by atoms with Gasteiger partial charge in [0, 0.05) is 23.0 Å². The van der Waals surface area contributed by atoms with Crippen LogP contribution in [0.15, 0.2) is 29.0 Å². The van der Waals surface area contributed by atoms with Crippen molar-refractivity contribution in [2.75, 3.05) is 7.11 Å². The van der Waals surface area contributed by atoms with Gasteiger partial charge >= 0.3 is 0 Å². The van der Waals surface area contributed by atoms with Crippen molar-refractivity contribution in [3.05, 3.63) is 40.4 Å². The average Bonchev–Trinajstić information content (AvgIpc) is 2.85. The Morgan fingerprint density at radius 3 is 2.81 bits per heavy atom. The third-order valence-corrected chi connectivity index (χ3v) is 3.65. The van der Waals surface area contributed by atoms with E-state index < -0.39 is 6.10 Å². The third-order valence-electron chi connectivity index (χ3n) is 3.16. The van der Waals surface area contributed by atoms with Crippen molar-refractivity contribution in [3.8, 4) is 5.75 Å². The van der Waals surface area contributed by atoms with E-state index in [2.05, 4.69) is 39.9 Å². The molecule has 0 saturated carbocycles. The van der Waals surface area contributed by atoms with Gasteiger partial charge in [0.2, 0.25) is 0 Å². The van der Waals surface area contributed by atoms with Crippen molar-refractivity contribution in [3.63, 3.8) is 0 Å². The molecule has 0 bridgehead atoms. The van der Waals surface area contributed by atoms with Crippen molar-refractivity contribution in [2.24, 2.45) is 5.92 Å². The molecule has 1 aromatic carbocycles. The molecule has 0 aliphatic rings. The molecule has 0 radical (unpaired) electrons. The molecular formula is C15H20BrN3O2. The normalized spacial score (nSPS) is 12.7. The minimum absolute atomic E-state index is 0.402. The molecule has 0 amide bonds. The molecule has 0 fully saturated rings. The molecular weight excluding hydrogens is 334 g/mol. The summed E-state index contributed by atoms with van der Waals surface area (Å²) in [4.78, 5) is 4.25. The topological polar surface area (TPSA) is 60.2 Å². The first-order chi connectivity index (χ1) is 10.0. The summed E-state index contributed by atoms with van der Waals surface area (Å²) in [6.45, 7) is 5.04. The fraction of sp³-hybridized carbons (Fsp3) is 0.467. The van der Waals surface area contributed by atoms with Crippen LogP contribution in [0.5, 0.6) is 5.75 Å².